The van der Waals surface area contributed by atoms with Crippen molar-refractivity contribution in [1.29, 1.82) is 0 Å². The Morgan fingerprint density at radius 1 is 0.958 bits per heavy atom. The van der Waals surface area contributed by atoms with E-state index in [9.17, 15) is 4.39 Å². The summed E-state index contributed by atoms with van der Waals surface area (Å²) < 4.78 is 13.8. The molecule has 2 aromatic carbocycles. The number of rotatable bonds is 5. The van der Waals surface area contributed by atoms with Crippen molar-refractivity contribution < 1.29 is 4.39 Å². The highest BCUT2D eigenvalue weighted by Crippen LogP contribution is 2.21. The number of anilines is 4. The van der Waals surface area contributed by atoms with Crippen LogP contribution in [0.2, 0.25) is 0 Å². The molecule has 2 N–H and O–H groups in total. The van der Waals surface area contributed by atoms with Crippen LogP contribution in [0.1, 0.15) is 18.2 Å². The lowest BCUT2D eigenvalue weighted by Crippen LogP contribution is -2.03. The molecule has 0 radical (unpaired) electrons. The maximum Gasteiger partial charge on any atom is 0.229 e. The van der Waals surface area contributed by atoms with E-state index in [1.807, 2.05) is 25.1 Å². The van der Waals surface area contributed by atoms with Crippen LogP contribution in [0.3, 0.4) is 0 Å². The molecule has 0 aliphatic carbocycles. The number of aryl methyl sites for hydroxylation is 2. The number of nitrogens with one attached hydrogen (secondary N) is 2. The molecule has 5 heteroatoms. The van der Waals surface area contributed by atoms with E-state index in [-0.39, 0.29) is 5.82 Å². The standard InChI is InChI=1S/C19H19FN4/c1-3-14-8-10-15(11-9-14)22-18-12-13(2)21-19(24-18)23-17-7-5-4-6-16(17)20/h4-12H,3H2,1-2H3,(H2,21,22,23,24). The van der Waals surface area contributed by atoms with Crippen molar-refractivity contribution in [2.24, 2.45) is 0 Å². The van der Waals surface area contributed by atoms with Crippen LogP contribution in [0.5, 0.6) is 0 Å². The molecule has 0 aliphatic rings. The Hall–Kier alpha value is -2.95. The van der Waals surface area contributed by atoms with Crippen LogP contribution >= 0.6 is 0 Å². The molecule has 0 spiro atoms. The predicted molar refractivity (Wildman–Crippen MR) is 95.6 cm³/mol. The summed E-state index contributed by atoms with van der Waals surface area (Å²) in [5, 5.41) is 6.17. The van der Waals surface area contributed by atoms with Gasteiger partial charge in [-0.3, -0.25) is 0 Å². The number of nitrogens with zero attached hydrogens (tertiary/aromatic N) is 2. The first-order valence-electron chi connectivity index (χ1n) is 7.87. The summed E-state index contributed by atoms with van der Waals surface area (Å²) in [6, 6.07) is 16.5. The fourth-order valence-corrected chi connectivity index (χ4v) is 2.34. The zero-order chi connectivity index (χ0) is 16.9. The Morgan fingerprint density at radius 3 is 2.42 bits per heavy atom. The van der Waals surface area contributed by atoms with Crippen LogP contribution in [0, 0.1) is 12.7 Å². The third-order valence-electron chi connectivity index (χ3n) is 3.61. The largest absolute Gasteiger partial charge is 0.340 e. The maximum atomic E-state index is 13.8. The predicted octanol–water partition coefficient (Wildman–Crippen LogP) is 4.97. The van der Waals surface area contributed by atoms with Crippen LogP contribution in [-0.2, 0) is 6.42 Å². The molecular weight excluding hydrogens is 303 g/mol. The Kier molecular flexibility index (Phi) is 4.70. The van der Waals surface area contributed by atoms with Crippen LogP contribution in [0.15, 0.2) is 54.6 Å². The second kappa shape index (κ2) is 7.08. The molecule has 0 atom stereocenters. The first-order valence-corrected chi connectivity index (χ1v) is 7.87. The molecule has 0 saturated heterocycles. The lowest BCUT2D eigenvalue weighted by atomic mass is 10.1. The summed E-state index contributed by atoms with van der Waals surface area (Å²) in [4.78, 5) is 8.72. The number of hydrogen-bond acceptors (Lipinski definition) is 4. The third-order valence-corrected chi connectivity index (χ3v) is 3.61. The minimum Gasteiger partial charge on any atom is -0.340 e. The SMILES string of the molecule is CCc1ccc(Nc2cc(C)nc(Nc3ccccc3F)n2)cc1. The van der Waals surface area contributed by atoms with E-state index >= 15 is 0 Å². The fourth-order valence-electron chi connectivity index (χ4n) is 2.34. The van der Waals surface area contributed by atoms with E-state index in [0.717, 1.165) is 17.8 Å². The van der Waals surface area contributed by atoms with Gasteiger partial charge in [0, 0.05) is 17.4 Å². The van der Waals surface area contributed by atoms with Gasteiger partial charge in [-0.05, 0) is 43.2 Å². The highest BCUT2D eigenvalue weighted by atomic mass is 19.1. The summed E-state index contributed by atoms with van der Waals surface area (Å²) >= 11 is 0. The van der Waals surface area contributed by atoms with Gasteiger partial charge < -0.3 is 10.6 Å². The van der Waals surface area contributed by atoms with Crippen molar-refractivity contribution >= 4 is 23.1 Å². The van der Waals surface area contributed by atoms with Gasteiger partial charge in [0.1, 0.15) is 11.6 Å². The molecule has 0 fully saturated rings. The molecular formula is C19H19FN4. The molecule has 3 aromatic rings. The molecule has 0 aliphatic heterocycles. The lowest BCUT2D eigenvalue weighted by molar-refractivity contribution is 0.631. The molecule has 122 valence electrons. The summed E-state index contributed by atoms with van der Waals surface area (Å²) in [5.41, 5.74) is 3.36. The number of halogens is 1. The summed E-state index contributed by atoms with van der Waals surface area (Å²) in [6.07, 6.45) is 1.00. The van der Waals surface area contributed by atoms with Gasteiger partial charge in [-0.15, -0.1) is 0 Å². The molecule has 3 rings (SSSR count). The summed E-state index contributed by atoms with van der Waals surface area (Å²) in [7, 11) is 0. The van der Waals surface area contributed by atoms with E-state index in [1.54, 1.807) is 18.2 Å². The number of benzene rings is 2. The van der Waals surface area contributed by atoms with Crippen molar-refractivity contribution in [3.8, 4) is 0 Å². The fraction of sp³-hybridized carbons (Fsp3) is 0.158. The molecule has 0 bridgehead atoms. The monoisotopic (exact) mass is 322 g/mol. The van der Waals surface area contributed by atoms with Crippen molar-refractivity contribution in [3.05, 3.63) is 71.7 Å². The molecule has 4 nitrogen and oxygen atoms in total. The van der Waals surface area contributed by atoms with Crippen molar-refractivity contribution in [2.75, 3.05) is 10.6 Å². The molecule has 1 aromatic heterocycles. The molecule has 0 saturated carbocycles. The minimum atomic E-state index is -0.340. The van der Waals surface area contributed by atoms with Gasteiger partial charge in [-0.2, -0.15) is 4.98 Å². The van der Waals surface area contributed by atoms with Crippen molar-refractivity contribution in [1.82, 2.24) is 9.97 Å². The molecule has 1 heterocycles. The zero-order valence-corrected chi connectivity index (χ0v) is 13.7. The minimum absolute atomic E-state index is 0.340. The van der Waals surface area contributed by atoms with Gasteiger partial charge in [0.2, 0.25) is 5.95 Å². The number of aromatic nitrogens is 2. The first kappa shape index (κ1) is 15.9. The summed E-state index contributed by atoms with van der Waals surface area (Å²) in [5.74, 6) is 0.672. The summed E-state index contributed by atoms with van der Waals surface area (Å²) in [6.45, 7) is 4.00. The second-order valence-electron chi connectivity index (χ2n) is 5.50. The smallest absolute Gasteiger partial charge is 0.229 e. The Labute approximate surface area is 140 Å². The third kappa shape index (κ3) is 3.87. The van der Waals surface area contributed by atoms with Gasteiger partial charge in [-0.1, -0.05) is 31.2 Å². The average molecular weight is 322 g/mol. The van der Waals surface area contributed by atoms with Gasteiger partial charge >= 0.3 is 0 Å². The van der Waals surface area contributed by atoms with Gasteiger partial charge in [0.25, 0.3) is 0 Å². The van der Waals surface area contributed by atoms with Crippen LogP contribution in [-0.4, -0.2) is 9.97 Å². The zero-order valence-electron chi connectivity index (χ0n) is 13.7. The quantitative estimate of drug-likeness (QED) is 0.696. The Morgan fingerprint density at radius 2 is 1.71 bits per heavy atom. The van der Waals surface area contributed by atoms with Crippen LogP contribution in [0.4, 0.5) is 27.5 Å². The van der Waals surface area contributed by atoms with E-state index in [4.69, 9.17) is 0 Å². The van der Waals surface area contributed by atoms with Crippen molar-refractivity contribution in [3.63, 3.8) is 0 Å². The van der Waals surface area contributed by atoms with E-state index < -0.39 is 0 Å². The normalized spacial score (nSPS) is 10.5. The van der Waals surface area contributed by atoms with Crippen LogP contribution < -0.4 is 10.6 Å². The molecule has 24 heavy (non-hydrogen) atoms. The highest BCUT2D eigenvalue weighted by Gasteiger charge is 2.06. The Bertz CT molecular complexity index is 831. The maximum absolute atomic E-state index is 13.8. The average Bonchev–Trinajstić information content (AvgIpc) is 2.57. The van der Waals surface area contributed by atoms with Gasteiger partial charge in [0.15, 0.2) is 0 Å². The second-order valence-corrected chi connectivity index (χ2v) is 5.50. The van der Waals surface area contributed by atoms with Gasteiger partial charge in [0.05, 0.1) is 5.69 Å². The van der Waals surface area contributed by atoms with E-state index in [1.165, 1.54) is 11.6 Å². The van der Waals surface area contributed by atoms with E-state index in [2.05, 4.69) is 39.7 Å². The van der Waals surface area contributed by atoms with Gasteiger partial charge in [-0.25, -0.2) is 9.37 Å². The topological polar surface area (TPSA) is 49.8 Å². The number of para-hydroxylation sites is 1. The first-order chi connectivity index (χ1) is 11.6. The van der Waals surface area contributed by atoms with Crippen LogP contribution in [0.25, 0.3) is 0 Å². The highest BCUT2D eigenvalue weighted by molar-refractivity contribution is 5.60. The molecule has 0 unspecified atom stereocenters. The molecule has 0 amide bonds. The Balaban J connectivity index is 1.81. The number of hydrogen-bond donors (Lipinski definition) is 2. The lowest BCUT2D eigenvalue weighted by Gasteiger charge is -2.11. The van der Waals surface area contributed by atoms with Crippen molar-refractivity contribution in [2.45, 2.75) is 20.3 Å². The van der Waals surface area contributed by atoms with E-state index in [0.29, 0.717) is 17.5 Å².